The van der Waals surface area contributed by atoms with Crippen LogP contribution in [0.25, 0.3) is 32.9 Å². The predicted molar refractivity (Wildman–Crippen MR) is 124 cm³/mol. The summed E-state index contributed by atoms with van der Waals surface area (Å²) in [4.78, 5) is 24.3. The Labute approximate surface area is 190 Å². The van der Waals surface area contributed by atoms with E-state index in [1.165, 1.54) is 0 Å². The van der Waals surface area contributed by atoms with E-state index in [4.69, 9.17) is 16.3 Å². The number of ether oxygens (including phenoxy) is 1. The van der Waals surface area contributed by atoms with E-state index in [0.717, 1.165) is 32.9 Å². The molecule has 0 unspecified atom stereocenters. The van der Waals surface area contributed by atoms with Crippen molar-refractivity contribution in [3.05, 3.63) is 48.3 Å². The minimum absolute atomic E-state index is 0.00995. The Morgan fingerprint density at radius 3 is 2.53 bits per heavy atom. The van der Waals surface area contributed by atoms with Gasteiger partial charge in [-0.3, -0.25) is 19.0 Å². The van der Waals surface area contributed by atoms with Crippen LogP contribution in [0.4, 0.5) is 0 Å². The number of amides is 1. The summed E-state index contributed by atoms with van der Waals surface area (Å²) in [5, 5.41) is 13.4. The van der Waals surface area contributed by atoms with Gasteiger partial charge in [0, 0.05) is 24.9 Å². The zero-order valence-corrected chi connectivity index (χ0v) is 19.1. The van der Waals surface area contributed by atoms with Gasteiger partial charge in [-0.1, -0.05) is 12.1 Å². The monoisotopic (exact) mass is 453 g/mol. The Bertz CT molecular complexity index is 1340. The summed E-state index contributed by atoms with van der Waals surface area (Å²) in [7, 11) is 3.72. The number of carbonyl (C=O) groups is 2. The smallest absolute Gasteiger partial charge is 0.320 e. The van der Waals surface area contributed by atoms with Crippen molar-refractivity contribution in [3.8, 4) is 11.1 Å². The SMILES string of the molecule is Cn1ncc2cc(-c3ccc4c(C(=O)NC(C)(C)COC(=O)CCl)nn(C)c4c3)ccc21. The van der Waals surface area contributed by atoms with Crippen LogP contribution in [0.5, 0.6) is 0 Å². The highest BCUT2D eigenvalue weighted by Gasteiger charge is 2.26. The molecule has 0 radical (unpaired) electrons. The summed E-state index contributed by atoms with van der Waals surface area (Å²) in [6.07, 6.45) is 1.84. The number of benzene rings is 2. The predicted octanol–water partition coefficient (Wildman–Crippen LogP) is 3.42. The Morgan fingerprint density at radius 1 is 1.06 bits per heavy atom. The average Bonchev–Trinajstić information content (AvgIpc) is 3.31. The molecule has 8 nitrogen and oxygen atoms in total. The molecule has 2 heterocycles. The minimum atomic E-state index is -0.776. The number of rotatable bonds is 6. The lowest BCUT2D eigenvalue weighted by Gasteiger charge is -2.25. The number of nitrogens with one attached hydrogen (secondary N) is 1. The van der Waals surface area contributed by atoms with Crippen molar-refractivity contribution < 1.29 is 14.3 Å². The van der Waals surface area contributed by atoms with Crippen molar-refractivity contribution in [2.45, 2.75) is 19.4 Å². The second-order valence-corrected chi connectivity index (χ2v) is 8.65. The topological polar surface area (TPSA) is 91.0 Å². The van der Waals surface area contributed by atoms with Crippen LogP contribution in [0.15, 0.2) is 42.6 Å². The molecule has 0 spiro atoms. The quantitative estimate of drug-likeness (QED) is 0.357. The molecule has 0 fully saturated rings. The number of aryl methyl sites for hydroxylation is 2. The fourth-order valence-corrected chi connectivity index (χ4v) is 3.73. The first-order chi connectivity index (χ1) is 15.2. The molecule has 2 aromatic carbocycles. The Kier molecular flexibility index (Phi) is 5.64. The largest absolute Gasteiger partial charge is 0.462 e. The van der Waals surface area contributed by atoms with Gasteiger partial charge in [-0.25, -0.2) is 0 Å². The van der Waals surface area contributed by atoms with Crippen LogP contribution in [0, 0.1) is 0 Å². The minimum Gasteiger partial charge on any atom is -0.462 e. The van der Waals surface area contributed by atoms with E-state index in [1.807, 2.05) is 42.2 Å². The molecule has 0 atom stereocenters. The van der Waals surface area contributed by atoms with Gasteiger partial charge in [0.2, 0.25) is 0 Å². The Hall–Kier alpha value is -3.39. The van der Waals surface area contributed by atoms with E-state index in [0.29, 0.717) is 5.69 Å². The number of fused-ring (bicyclic) bond motifs is 2. The highest BCUT2D eigenvalue weighted by atomic mass is 35.5. The Morgan fingerprint density at radius 2 is 1.78 bits per heavy atom. The zero-order valence-electron chi connectivity index (χ0n) is 18.3. The second kappa shape index (κ2) is 8.27. The molecule has 9 heteroatoms. The molecule has 0 aliphatic heterocycles. The second-order valence-electron chi connectivity index (χ2n) is 8.38. The standard InChI is InChI=1S/C23H24ClN5O3/c1-23(2,13-32-20(30)11-24)26-22(31)21-17-7-5-15(10-19(17)29(4)27-21)14-6-8-18-16(9-14)12-25-28(18)3/h5-10,12H,11,13H2,1-4H3,(H,26,31). The van der Waals surface area contributed by atoms with Crippen LogP contribution in [-0.4, -0.2) is 49.5 Å². The number of hydrogen-bond acceptors (Lipinski definition) is 5. The molecule has 0 saturated heterocycles. The molecule has 2 aromatic heterocycles. The number of hydrogen-bond donors (Lipinski definition) is 1. The molecule has 1 amide bonds. The van der Waals surface area contributed by atoms with Gasteiger partial charge in [0.1, 0.15) is 12.5 Å². The summed E-state index contributed by atoms with van der Waals surface area (Å²) < 4.78 is 8.60. The number of nitrogens with zero attached hydrogens (tertiary/aromatic N) is 4. The molecule has 0 aliphatic rings. The van der Waals surface area contributed by atoms with E-state index in [9.17, 15) is 9.59 Å². The Balaban J connectivity index is 1.61. The summed E-state index contributed by atoms with van der Waals surface area (Å²) >= 11 is 5.46. The lowest BCUT2D eigenvalue weighted by atomic mass is 10.0. The highest BCUT2D eigenvalue weighted by molar-refractivity contribution is 6.26. The lowest BCUT2D eigenvalue weighted by Crippen LogP contribution is -2.47. The number of halogens is 1. The van der Waals surface area contributed by atoms with E-state index >= 15 is 0 Å². The van der Waals surface area contributed by atoms with Gasteiger partial charge in [0.25, 0.3) is 5.91 Å². The first kappa shape index (κ1) is 21.8. The average molecular weight is 454 g/mol. The normalized spacial score (nSPS) is 11.8. The van der Waals surface area contributed by atoms with Gasteiger partial charge in [0.15, 0.2) is 5.69 Å². The van der Waals surface area contributed by atoms with Gasteiger partial charge in [-0.2, -0.15) is 10.2 Å². The zero-order chi connectivity index (χ0) is 23.0. The lowest BCUT2D eigenvalue weighted by molar-refractivity contribution is -0.142. The maximum atomic E-state index is 12.9. The van der Waals surface area contributed by atoms with E-state index in [-0.39, 0.29) is 18.4 Å². The molecule has 0 aliphatic carbocycles. The van der Waals surface area contributed by atoms with Gasteiger partial charge >= 0.3 is 5.97 Å². The van der Waals surface area contributed by atoms with Crippen molar-refractivity contribution in [1.82, 2.24) is 24.9 Å². The third-order valence-electron chi connectivity index (χ3n) is 5.30. The van der Waals surface area contributed by atoms with Crippen molar-refractivity contribution in [1.29, 1.82) is 0 Å². The number of aromatic nitrogens is 4. The van der Waals surface area contributed by atoms with Crippen LogP contribution in [-0.2, 0) is 23.6 Å². The maximum absolute atomic E-state index is 12.9. The molecule has 1 N–H and O–H groups in total. The number of esters is 1. The van der Waals surface area contributed by atoms with E-state index in [1.54, 1.807) is 25.6 Å². The first-order valence-electron chi connectivity index (χ1n) is 10.1. The molecule has 166 valence electrons. The highest BCUT2D eigenvalue weighted by Crippen LogP contribution is 2.28. The molecule has 0 bridgehead atoms. The van der Waals surface area contributed by atoms with Crippen LogP contribution in [0.2, 0.25) is 0 Å². The summed E-state index contributed by atoms with van der Waals surface area (Å²) in [6.45, 7) is 3.55. The van der Waals surface area contributed by atoms with Crippen LogP contribution in [0.3, 0.4) is 0 Å². The molecule has 32 heavy (non-hydrogen) atoms. The molecular weight excluding hydrogens is 430 g/mol. The third-order valence-corrected chi connectivity index (χ3v) is 5.52. The molecule has 4 rings (SSSR count). The summed E-state index contributed by atoms with van der Waals surface area (Å²) in [5.74, 6) is -1.10. The van der Waals surface area contributed by atoms with E-state index < -0.39 is 11.5 Å². The van der Waals surface area contributed by atoms with Crippen LogP contribution in [0.1, 0.15) is 24.3 Å². The van der Waals surface area contributed by atoms with Crippen LogP contribution >= 0.6 is 11.6 Å². The van der Waals surface area contributed by atoms with Gasteiger partial charge in [-0.05, 0) is 49.2 Å². The maximum Gasteiger partial charge on any atom is 0.320 e. The molecular formula is C23H24ClN5O3. The molecule has 4 aromatic rings. The summed E-state index contributed by atoms with van der Waals surface area (Å²) in [6, 6.07) is 12.1. The first-order valence-corrected chi connectivity index (χ1v) is 10.6. The fraction of sp³-hybridized carbons (Fsp3) is 0.304. The van der Waals surface area contributed by atoms with Gasteiger partial charge in [0.05, 0.1) is 22.8 Å². The van der Waals surface area contributed by atoms with Crippen molar-refractivity contribution in [2.75, 3.05) is 12.5 Å². The van der Waals surface area contributed by atoms with Crippen molar-refractivity contribution >= 4 is 45.3 Å². The number of carbonyl (C=O) groups excluding carboxylic acids is 2. The van der Waals surface area contributed by atoms with Crippen molar-refractivity contribution in [2.24, 2.45) is 14.1 Å². The summed E-state index contributed by atoms with van der Waals surface area (Å²) in [5.41, 5.74) is 3.52. The third kappa shape index (κ3) is 4.18. The fourth-order valence-electron chi connectivity index (χ4n) is 3.65. The van der Waals surface area contributed by atoms with Gasteiger partial charge in [-0.15, -0.1) is 11.6 Å². The van der Waals surface area contributed by atoms with Crippen molar-refractivity contribution in [3.63, 3.8) is 0 Å². The number of alkyl halides is 1. The van der Waals surface area contributed by atoms with Crippen LogP contribution < -0.4 is 5.32 Å². The van der Waals surface area contributed by atoms with E-state index in [2.05, 4.69) is 27.6 Å². The molecule has 0 saturated carbocycles. The van der Waals surface area contributed by atoms with Gasteiger partial charge < -0.3 is 10.1 Å².